The van der Waals surface area contributed by atoms with Crippen LogP contribution in [0.3, 0.4) is 0 Å². The average Bonchev–Trinajstić information content (AvgIpc) is 2.57. The highest BCUT2D eigenvalue weighted by molar-refractivity contribution is 7.71. The van der Waals surface area contributed by atoms with Gasteiger partial charge in [0, 0.05) is 11.1 Å². The Morgan fingerprint density at radius 3 is 2.79 bits per heavy atom. The van der Waals surface area contributed by atoms with Crippen molar-refractivity contribution in [1.29, 1.82) is 0 Å². The average molecular weight is 207 g/mol. The van der Waals surface area contributed by atoms with E-state index in [0.29, 0.717) is 10.6 Å². The Labute approximate surface area is 85.6 Å². The number of nitrogens with zero attached hydrogens (tertiary/aromatic N) is 1. The lowest BCUT2D eigenvalue weighted by molar-refractivity contribution is 0.471. The molecule has 1 aromatic carbocycles. The number of aromatic amines is 2. The van der Waals surface area contributed by atoms with Crippen molar-refractivity contribution in [2.45, 2.75) is 6.92 Å². The molecule has 0 bridgehead atoms. The molecule has 0 aliphatic rings. The molecule has 1 heterocycles. The summed E-state index contributed by atoms with van der Waals surface area (Å²) in [5, 5.41) is 15.0. The third kappa shape index (κ3) is 1.42. The summed E-state index contributed by atoms with van der Waals surface area (Å²) in [7, 11) is 0. The first-order valence-electron chi connectivity index (χ1n) is 4.12. The zero-order valence-corrected chi connectivity index (χ0v) is 8.35. The molecular formula is C9H9N3OS. The molecule has 0 unspecified atom stereocenters. The zero-order valence-electron chi connectivity index (χ0n) is 7.53. The monoisotopic (exact) mass is 207 g/mol. The first-order chi connectivity index (χ1) is 6.68. The van der Waals surface area contributed by atoms with Gasteiger partial charge in [0.1, 0.15) is 5.75 Å². The number of aromatic hydroxyl groups is 1. The van der Waals surface area contributed by atoms with Crippen LogP contribution in [-0.2, 0) is 0 Å². The minimum absolute atomic E-state index is 0.254. The van der Waals surface area contributed by atoms with Gasteiger partial charge in [0.2, 0.25) is 4.77 Å². The van der Waals surface area contributed by atoms with E-state index in [1.54, 1.807) is 12.1 Å². The van der Waals surface area contributed by atoms with Crippen LogP contribution in [0, 0.1) is 11.7 Å². The summed E-state index contributed by atoms with van der Waals surface area (Å²) in [5.74, 6) is 0.896. The number of phenolic OH excluding ortho intramolecular Hbond substituents is 1. The summed E-state index contributed by atoms with van der Waals surface area (Å²) in [5.41, 5.74) is 1.63. The van der Waals surface area contributed by atoms with Crippen molar-refractivity contribution in [3.8, 4) is 17.1 Å². The van der Waals surface area contributed by atoms with Gasteiger partial charge >= 0.3 is 0 Å². The van der Waals surface area contributed by atoms with Crippen LogP contribution in [0.2, 0.25) is 0 Å². The molecule has 1 aromatic heterocycles. The second-order valence-electron chi connectivity index (χ2n) is 2.97. The lowest BCUT2D eigenvalue weighted by Crippen LogP contribution is -1.85. The molecule has 0 atom stereocenters. The highest BCUT2D eigenvalue weighted by Gasteiger charge is 2.07. The van der Waals surface area contributed by atoms with Crippen molar-refractivity contribution < 1.29 is 5.11 Å². The van der Waals surface area contributed by atoms with Crippen LogP contribution < -0.4 is 0 Å². The normalized spacial score (nSPS) is 10.4. The Bertz CT molecular complexity index is 515. The molecule has 0 saturated heterocycles. The third-order valence-corrected chi connectivity index (χ3v) is 2.25. The van der Waals surface area contributed by atoms with Gasteiger partial charge in [-0.3, -0.25) is 10.2 Å². The topological polar surface area (TPSA) is 64.7 Å². The largest absolute Gasteiger partial charge is 0.508 e. The van der Waals surface area contributed by atoms with E-state index < -0.39 is 0 Å². The lowest BCUT2D eigenvalue weighted by Gasteiger charge is -2.03. The maximum Gasteiger partial charge on any atom is 0.213 e. The molecule has 0 radical (unpaired) electrons. The molecule has 0 spiro atoms. The molecule has 14 heavy (non-hydrogen) atoms. The van der Waals surface area contributed by atoms with Crippen LogP contribution in [0.5, 0.6) is 5.75 Å². The molecule has 5 heteroatoms. The summed E-state index contributed by atoms with van der Waals surface area (Å²) >= 11 is 4.85. The SMILES string of the molecule is Cc1c(O)cccc1-c1nc(=S)[nH][nH]1. The Hall–Kier alpha value is -1.62. The summed E-state index contributed by atoms with van der Waals surface area (Å²) < 4.78 is 0.405. The van der Waals surface area contributed by atoms with Crippen LogP contribution in [0.1, 0.15) is 5.56 Å². The van der Waals surface area contributed by atoms with Crippen LogP contribution in [0.4, 0.5) is 0 Å². The highest BCUT2D eigenvalue weighted by atomic mass is 32.1. The molecule has 72 valence electrons. The first-order valence-corrected chi connectivity index (χ1v) is 4.53. The minimum Gasteiger partial charge on any atom is -0.508 e. The fraction of sp³-hybridized carbons (Fsp3) is 0.111. The van der Waals surface area contributed by atoms with Gasteiger partial charge in [0.25, 0.3) is 0 Å². The van der Waals surface area contributed by atoms with Gasteiger partial charge in [-0.1, -0.05) is 12.1 Å². The van der Waals surface area contributed by atoms with Gasteiger partial charge in [0.15, 0.2) is 5.82 Å². The van der Waals surface area contributed by atoms with Crippen molar-refractivity contribution in [3.63, 3.8) is 0 Å². The number of H-pyrrole nitrogens is 2. The quantitative estimate of drug-likeness (QED) is 0.628. The molecular weight excluding hydrogens is 198 g/mol. The number of benzene rings is 1. The standard InChI is InChI=1S/C9H9N3OS/c1-5-6(3-2-4-7(5)13)8-10-9(14)12-11-8/h2-4,13H,1H3,(H2,10,11,12,14). The van der Waals surface area contributed by atoms with E-state index in [-0.39, 0.29) is 5.75 Å². The Kier molecular flexibility index (Phi) is 2.09. The van der Waals surface area contributed by atoms with Crippen molar-refractivity contribution in [2.24, 2.45) is 0 Å². The summed E-state index contributed by atoms with van der Waals surface area (Å²) in [6.45, 7) is 1.83. The van der Waals surface area contributed by atoms with Gasteiger partial charge in [-0.05, 0) is 25.2 Å². The highest BCUT2D eigenvalue weighted by Crippen LogP contribution is 2.26. The Balaban J connectivity index is 2.62. The van der Waals surface area contributed by atoms with Crippen molar-refractivity contribution in [2.75, 3.05) is 0 Å². The fourth-order valence-electron chi connectivity index (χ4n) is 1.28. The Morgan fingerprint density at radius 2 is 2.14 bits per heavy atom. The number of hydrogen-bond acceptors (Lipinski definition) is 3. The van der Waals surface area contributed by atoms with Crippen molar-refractivity contribution in [1.82, 2.24) is 15.2 Å². The van der Waals surface area contributed by atoms with Crippen LogP contribution >= 0.6 is 12.2 Å². The number of rotatable bonds is 1. The zero-order chi connectivity index (χ0) is 10.1. The van der Waals surface area contributed by atoms with Crippen molar-refractivity contribution >= 4 is 12.2 Å². The van der Waals surface area contributed by atoms with E-state index in [9.17, 15) is 5.11 Å². The predicted molar refractivity (Wildman–Crippen MR) is 55.6 cm³/mol. The molecule has 0 fully saturated rings. The van der Waals surface area contributed by atoms with E-state index in [0.717, 1.165) is 11.1 Å². The number of aromatic nitrogens is 3. The van der Waals surface area contributed by atoms with Gasteiger partial charge in [0.05, 0.1) is 0 Å². The van der Waals surface area contributed by atoms with Gasteiger partial charge < -0.3 is 5.11 Å². The van der Waals surface area contributed by atoms with E-state index in [4.69, 9.17) is 12.2 Å². The second kappa shape index (κ2) is 3.26. The van der Waals surface area contributed by atoms with E-state index >= 15 is 0 Å². The van der Waals surface area contributed by atoms with Gasteiger partial charge in [-0.25, -0.2) is 0 Å². The molecule has 0 amide bonds. The van der Waals surface area contributed by atoms with Crippen LogP contribution in [0.15, 0.2) is 18.2 Å². The predicted octanol–water partition coefficient (Wildman–Crippen LogP) is 2.15. The number of hydrogen-bond donors (Lipinski definition) is 3. The summed E-state index contributed by atoms with van der Waals surface area (Å²) in [6, 6.07) is 5.28. The third-order valence-electron chi connectivity index (χ3n) is 2.06. The Morgan fingerprint density at radius 1 is 1.36 bits per heavy atom. The smallest absolute Gasteiger partial charge is 0.213 e. The summed E-state index contributed by atoms with van der Waals surface area (Å²) in [4.78, 5) is 4.08. The van der Waals surface area contributed by atoms with Crippen LogP contribution in [-0.4, -0.2) is 20.3 Å². The molecule has 0 saturated carbocycles. The first kappa shape index (κ1) is 8.96. The molecule has 0 aliphatic heterocycles. The molecule has 2 aromatic rings. The minimum atomic E-state index is 0.254. The summed E-state index contributed by atoms with van der Waals surface area (Å²) in [6.07, 6.45) is 0. The number of phenols is 1. The second-order valence-corrected chi connectivity index (χ2v) is 3.35. The molecule has 2 rings (SSSR count). The number of nitrogens with one attached hydrogen (secondary N) is 2. The van der Waals surface area contributed by atoms with Gasteiger partial charge in [-0.2, -0.15) is 4.98 Å². The molecule has 0 aliphatic carbocycles. The molecule has 4 nitrogen and oxygen atoms in total. The van der Waals surface area contributed by atoms with E-state index in [1.165, 1.54) is 0 Å². The fourth-order valence-corrected chi connectivity index (χ4v) is 1.42. The van der Waals surface area contributed by atoms with Crippen LogP contribution in [0.25, 0.3) is 11.4 Å². The maximum atomic E-state index is 9.49. The van der Waals surface area contributed by atoms with Gasteiger partial charge in [-0.15, -0.1) is 0 Å². The van der Waals surface area contributed by atoms with E-state index in [1.807, 2.05) is 13.0 Å². The van der Waals surface area contributed by atoms with Crippen molar-refractivity contribution in [3.05, 3.63) is 28.5 Å². The molecule has 3 N–H and O–H groups in total. The maximum absolute atomic E-state index is 9.49. The lowest BCUT2D eigenvalue weighted by atomic mass is 10.1. The van der Waals surface area contributed by atoms with E-state index in [2.05, 4.69) is 15.2 Å².